The number of esters is 2. The lowest BCUT2D eigenvalue weighted by Crippen LogP contribution is -2.29. The van der Waals surface area contributed by atoms with E-state index in [1.165, 1.54) is 218 Å². The summed E-state index contributed by atoms with van der Waals surface area (Å²) in [5, 5.41) is 0. The number of phosphoric ester groups is 1. The molecule has 0 rings (SSSR count). The first-order valence-electron chi connectivity index (χ1n) is 30.5. The molecule has 0 amide bonds. The third-order valence-corrected chi connectivity index (χ3v) is 14.5. The van der Waals surface area contributed by atoms with Crippen molar-refractivity contribution in [2.45, 2.75) is 315 Å². The Kier molecular flexibility index (Phi) is 56.1. The van der Waals surface area contributed by atoms with E-state index >= 15 is 0 Å². The highest BCUT2D eigenvalue weighted by Gasteiger charge is 2.26. The summed E-state index contributed by atoms with van der Waals surface area (Å²) in [7, 11) is -4.38. The molecule has 0 spiro atoms. The van der Waals surface area contributed by atoms with Crippen LogP contribution < -0.4 is 5.73 Å². The minimum absolute atomic E-state index is 0.0541. The molecule has 9 nitrogen and oxygen atoms in total. The van der Waals surface area contributed by atoms with E-state index in [0.717, 1.165) is 57.8 Å². The van der Waals surface area contributed by atoms with Gasteiger partial charge in [0.1, 0.15) is 6.61 Å². The molecular formula is C61H116NO8P. The van der Waals surface area contributed by atoms with Gasteiger partial charge in [0.15, 0.2) is 6.10 Å². The molecule has 0 aliphatic carbocycles. The summed E-state index contributed by atoms with van der Waals surface area (Å²) in [5.74, 6) is -0.823. The van der Waals surface area contributed by atoms with E-state index in [0.29, 0.717) is 6.42 Å². The molecule has 0 bridgehead atoms. The molecule has 0 fully saturated rings. The third kappa shape index (κ3) is 57.4. The SMILES string of the molecule is CCCCCCC/C=C\C/C=C\CCCCCCCCCCCCCCCCCCCCCCCCCC(=O)OC(COC(=O)CCCCCCC/C=C\CCCCCCCC)COP(=O)(O)OCCN. The van der Waals surface area contributed by atoms with E-state index in [1.54, 1.807) is 0 Å². The second-order valence-corrected chi connectivity index (χ2v) is 22.0. The molecule has 2 unspecified atom stereocenters. The molecule has 3 N–H and O–H groups in total. The Morgan fingerprint density at radius 1 is 0.423 bits per heavy atom. The topological polar surface area (TPSA) is 134 Å². The third-order valence-electron chi connectivity index (χ3n) is 13.5. The van der Waals surface area contributed by atoms with Gasteiger partial charge in [-0.1, -0.05) is 262 Å². The quantitative estimate of drug-likeness (QED) is 0.0264. The van der Waals surface area contributed by atoms with Gasteiger partial charge in [-0.05, 0) is 70.6 Å². The normalized spacial score (nSPS) is 13.2. The molecule has 71 heavy (non-hydrogen) atoms. The van der Waals surface area contributed by atoms with Crippen LogP contribution >= 0.6 is 7.82 Å². The number of rotatable bonds is 58. The Morgan fingerprint density at radius 3 is 1.08 bits per heavy atom. The van der Waals surface area contributed by atoms with Crippen molar-refractivity contribution in [3.63, 3.8) is 0 Å². The molecule has 0 saturated carbocycles. The Morgan fingerprint density at radius 2 is 0.732 bits per heavy atom. The van der Waals surface area contributed by atoms with Gasteiger partial charge in [0, 0.05) is 19.4 Å². The van der Waals surface area contributed by atoms with Crippen LogP contribution in [-0.2, 0) is 32.7 Å². The molecule has 0 aliphatic rings. The summed E-state index contributed by atoms with van der Waals surface area (Å²) in [5.41, 5.74) is 5.38. The molecule has 0 radical (unpaired) electrons. The highest BCUT2D eigenvalue weighted by atomic mass is 31.2. The average Bonchev–Trinajstić information content (AvgIpc) is 3.36. The fourth-order valence-electron chi connectivity index (χ4n) is 8.96. The van der Waals surface area contributed by atoms with Crippen molar-refractivity contribution in [1.82, 2.24) is 0 Å². The van der Waals surface area contributed by atoms with Gasteiger partial charge in [0.2, 0.25) is 0 Å². The lowest BCUT2D eigenvalue weighted by molar-refractivity contribution is -0.161. The van der Waals surface area contributed by atoms with Gasteiger partial charge in [-0.2, -0.15) is 0 Å². The average molecular weight is 1020 g/mol. The Labute approximate surface area is 439 Å². The first-order chi connectivity index (χ1) is 34.8. The Balaban J connectivity index is 3.81. The minimum atomic E-state index is -4.38. The van der Waals surface area contributed by atoms with E-state index in [-0.39, 0.29) is 38.6 Å². The molecule has 418 valence electrons. The smallest absolute Gasteiger partial charge is 0.462 e. The molecule has 0 aliphatic heterocycles. The van der Waals surface area contributed by atoms with Crippen LogP contribution in [0.4, 0.5) is 0 Å². The number of hydrogen-bond donors (Lipinski definition) is 2. The molecule has 0 aromatic heterocycles. The lowest BCUT2D eigenvalue weighted by Gasteiger charge is -2.19. The predicted octanol–water partition coefficient (Wildman–Crippen LogP) is 19.2. The van der Waals surface area contributed by atoms with E-state index in [1.807, 2.05) is 0 Å². The Hall–Kier alpha value is -1.77. The van der Waals surface area contributed by atoms with Crippen molar-refractivity contribution in [2.75, 3.05) is 26.4 Å². The monoisotopic (exact) mass is 1020 g/mol. The second kappa shape index (κ2) is 57.5. The molecule has 0 saturated heterocycles. The van der Waals surface area contributed by atoms with Crippen LogP contribution in [0.1, 0.15) is 309 Å². The summed E-state index contributed by atoms with van der Waals surface area (Å²) in [4.78, 5) is 35.1. The lowest BCUT2D eigenvalue weighted by atomic mass is 10.0. The zero-order valence-electron chi connectivity index (χ0n) is 46.7. The van der Waals surface area contributed by atoms with Crippen LogP contribution in [0, 0.1) is 0 Å². The highest BCUT2D eigenvalue weighted by molar-refractivity contribution is 7.47. The maximum Gasteiger partial charge on any atom is 0.472 e. The summed E-state index contributed by atoms with van der Waals surface area (Å²) in [6, 6.07) is 0. The van der Waals surface area contributed by atoms with Crippen LogP contribution in [0.2, 0.25) is 0 Å². The summed E-state index contributed by atoms with van der Waals surface area (Å²) < 4.78 is 33.0. The largest absolute Gasteiger partial charge is 0.472 e. The van der Waals surface area contributed by atoms with Gasteiger partial charge in [0.25, 0.3) is 0 Å². The maximum absolute atomic E-state index is 12.7. The number of ether oxygens (including phenoxy) is 2. The van der Waals surface area contributed by atoms with Gasteiger partial charge in [-0.15, -0.1) is 0 Å². The number of unbranched alkanes of at least 4 members (excludes halogenated alkanes) is 39. The van der Waals surface area contributed by atoms with Gasteiger partial charge in [-0.25, -0.2) is 4.57 Å². The molecule has 10 heteroatoms. The maximum atomic E-state index is 12.7. The minimum Gasteiger partial charge on any atom is -0.462 e. The van der Waals surface area contributed by atoms with Crippen molar-refractivity contribution in [1.29, 1.82) is 0 Å². The van der Waals surface area contributed by atoms with Crippen LogP contribution in [-0.4, -0.2) is 49.3 Å². The highest BCUT2D eigenvalue weighted by Crippen LogP contribution is 2.43. The Bertz CT molecular complexity index is 1260. The van der Waals surface area contributed by atoms with Crippen LogP contribution in [0.3, 0.4) is 0 Å². The van der Waals surface area contributed by atoms with Crippen molar-refractivity contribution in [2.24, 2.45) is 5.73 Å². The molecular weight excluding hydrogens is 906 g/mol. The second-order valence-electron chi connectivity index (χ2n) is 20.6. The van der Waals surface area contributed by atoms with Crippen molar-refractivity contribution >= 4 is 19.8 Å². The van der Waals surface area contributed by atoms with Crippen molar-refractivity contribution in [3.05, 3.63) is 36.5 Å². The van der Waals surface area contributed by atoms with E-state index in [9.17, 15) is 19.0 Å². The van der Waals surface area contributed by atoms with E-state index in [4.69, 9.17) is 24.3 Å². The number of phosphoric acid groups is 1. The molecule has 2 atom stereocenters. The number of hydrogen-bond acceptors (Lipinski definition) is 8. The zero-order chi connectivity index (χ0) is 51.7. The van der Waals surface area contributed by atoms with Gasteiger partial charge in [0.05, 0.1) is 13.2 Å². The molecule has 0 heterocycles. The molecule has 0 aromatic carbocycles. The number of allylic oxidation sites excluding steroid dienone is 6. The first kappa shape index (κ1) is 69.2. The van der Waals surface area contributed by atoms with Crippen LogP contribution in [0.15, 0.2) is 36.5 Å². The van der Waals surface area contributed by atoms with Gasteiger partial charge < -0.3 is 20.1 Å². The number of nitrogens with two attached hydrogens (primary N) is 1. The van der Waals surface area contributed by atoms with E-state index < -0.39 is 26.5 Å². The van der Waals surface area contributed by atoms with Gasteiger partial charge >= 0.3 is 19.8 Å². The molecule has 0 aromatic rings. The summed E-state index contributed by atoms with van der Waals surface area (Å²) in [6.45, 7) is 3.76. The van der Waals surface area contributed by atoms with Crippen LogP contribution in [0.5, 0.6) is 0 Å². The zero-order valence-corrected chi connectivity index (χ0v) is 47.6. The first-order valence-corrected chi connectivity index (χ1v) is 32.0. The summed E-state index contributed by atoms with van der Waals surface area (Å²) in [6.07, 6.45) is 69.4. The standard InChI is InChI=1S/C61H116NO8P/c1-3-5-7-9-11-13-15-17-19-20-21-22-23-24-25-26-27-28-29-30-31-32-33-34-35-36-37-38-40-42-44-46-48-50-52-54-61(64)70-59(58-69-71(65,66)68-56-55-62)57-67-60(63)53-51-49-47-45-43-41-39-18-16-14-12-10-8-6-4-2/h15,17-18,20-21,39,59H,3-14,16,19,22-38,40-58,62H2,1-2H3,(H,65,66)/b17-15-,21-20-,39-18-. The van der Waals surface area contributed by atoms with Crippen molar-refractivity contribution in [3.8, 4) is 0 Å². The van der Waals surface area contributed by atoms with Crippen molar-refractivity contribution < 1.29 is 37.6 Å². The van der Waals surface area contributed by atoms with E-state index in [2.05, 4.69) is 50.3 Å². The summed E-state index contributed by atoms with van der Waals surface area (Å²) >= 11 is 0. The van der Waals surface area contributed by atoms with Crippen LogP contribution in [0.25, 0.3) is 0 Å². The van der Waals surface area contributed by atoms with Gasteiger partial charge in [-0.3, -0.25) is 18.6 Å². The number of carbonyl (C=O) groups excluding carboxylic acids is 2. The fourth-order valence-corrected chi connectivity index (χ4v) is 9.72. The predicted molar refractivity (Wildman–Crippen MR) is 303 cm³/mol. The fraction of sp³-hybridized carbons (Fsp3) is 0.869. The number of carbonyl (C=O) groups is 2.